The topological polar surface area (TPSA) is 127 Å². The molecule has 21 heavy (non-hydrogen) atoms. The summed E-state index contributed by atoms with van der Waals surface area (Å²) in [7, 11) is 3.38. The summed E-state index contributed by atoms with van der Waals surface area (Å²) < 4.78 is 10.1. The lowest BCUT2D eigenvalue weighted by atomic mass is 10.3. The highest BCUT2D eigenvalue weighted by molar-refractivity contribution is 5.50. The number of anilines is 2. The molecule has 0 bridgehead atoms. The van der Waals surface area contributed by atoms with Gasteiger partial charge in [-0.3, -0.25) is 0 Å². The molecule has 9 heteroatoms. The third-order valence-corrected chi connectivity index (χ3v) is 2.68. The second kappa shape index (κ2) is 6.62. The van der Waals surface area contributed by atoms with Crippen molar-refractivity contribution in [3.05, 3.63) is 23.5 Å². The van der Waals surface area contributed by atoms with Crippen LogP contribution in [0.2, 0.25) is 0 Å². The van der Waals surface area contributed by atoms with Crippen molar-refractivity contribution in [1.29, 1.82) is 5.26 Å². The highest BCUT2D eigenvalue weighted by Gasteiger charge is 2.13. The fourth-order valence-corrected chi connectivity index (χ4v) is 1.58. The van der Waals surface area contributed by atoms with E-state index in [-0.39, 0.29) is 11.4 Å². The Hall–Kier alpha value is -2.73. The van der Waals surface area contributed by atoms with Crippen molar-refractivity contribution < 1.29 is 9.26 Å². The van der Waals surface area contributed by atoms with E-state index in [9.17, 15) is 0 Å². The van der Waals surface area contributed by atoms with Crippen molar-refractivity contribution >= 4 is 11.8 Å². The number of nitrogen functional groups attached to an aromatic ring is 1. The fraction of sp³-hybridized carbons (Fsp3) is 0.417. The molecule has 0 saturated heterocycles. The maximum absolute atomic E-state index is 8.79. The van der Waals surface area contributed by atoms with E-state index in [1.54, 1.807) is 19.1 Å². The number of aromatic nitrogens is 4. The molecule has 2 aromatic heterocycles. The summed E-state index contributed by atoms with van der Waals surface area (Å²) in [5.41, 5.74) is 5.90. The standard InChI is InChI=1S/C12H15N7O2/c1-19(12-15-6-8(5-13)11(14)17-12)7-10-16-9(18-21-10)3-4-20-2/h6H,3-4,7H2,1-2H3,(H2,14,15,17). The number of nitriles is 1. The molecule has 0 aromatic carbocycles. The first-order valence-electron chi connectivity index (χ1n) is 6.18. The zero-order valence-electron chi connectivity index (χ0n) is 11.8. The number of hydrogen-bond acceptors (Lipinski definition) is 9. The van der Waals surface area contributed by atoms with E-state index < -0.39 is 0 Å². The van der Waals surface area contributed by atoms with Crippen molar-refractivity contribution in [3.63, 3.8) is 0 Å². The molecule has 110 valence electrons. The van der Waals surface area contributed by atoms with Gasteiger partial charge >= 0.3 is 0 Å². The maximum Gasteiger partial charge on any atom is 0.246 e. The largest absolute Gasteiger partial charge is 0.384 e. The molecule has 2 heterocycles. The molecule has 0 spiro atoms. The smallest absolute Gasteiger partial charge is 0.246 e. The predicted molar refractivity (Wildman–Crippen MR) is 73.1 cm³/mol. The van der Waals surface area contributed by atoms with Gasteiger partial charge in [-0.2, -0.15) is 15.2 Å². The highest BCUT2D eigenvalue weighted by atomic mass is 16.5. The Morgan fingerprint density at radius 3 is 2.95 bits per heavy atom. The molecule has 0 aliphatic heterocycles. The van der Waals surface area contributed by atoms with Crippen LogP contribution in [0.5, 0.6) is 0 Å². The van der Waals surface area contributed by atoms with Crippen LogP contribution in [-0.2, 0) is 17.7 Å². The lowest BCUT2D eigenvalue weighted by Gasteiger charge is -2.14. The van der Waals surface area contributed by atoms with Gasteiger partial charge in [-0.1, -0.05) is 5.16 Å². The van der Waals surface area contributed by atoms with E-state index in [0.717, 1.165) is 0 Å². The summed E-state index contributed by atoms with van der Waals surface area (Å²) >= 11 is 0. The van der Waals surface area contributed by atoms with Crippen LogP contribution >= 0.6 is 0 Å². The Morgan fingerprint density at radius 1 is 1.48 bits per heavy atom. The Morgan fingerprint density at radius 2 is 2.29 bits per heavy atom. The van der Waals surface area contributed by atoms with Gasteiger partial charge in [-0.25, -0.2) is 4.98 Å². The van der Waals surface area contributed by atoms with Crippen LogP contribution in [0.4, 0.5) is 11.8 Å². The van der Waals surface area contributed by atoms with Gasteiger partial charge in [0, 0.05) is 20.6 Å². The van der Waals surface area contributed by atoms with Gasteiger partial charge in [0.1, 0.15) is 17.5 Å². The molecule has 0 aliphatic carbocycles. The average molecular weight is 289 g/mol. The summed E-state index contributed by atoms with van der Waals surface area (Å²) in [5.74, 6) is 1.54. The fourth-order valence-electron chi connectivity index (χ4n) is 1.58. The molecule has 0 atom stereocenters. The molecule has 0 aliphatic rings. The zero-order valence-corrected chi connectivity index (χ0v) is 11.8. The van der Waals surface area contributed by atoms with Crippen LogP contribution in [0.3, 0.4) is 0 Å². The predicted octanol–water partition coefficient (Wildman–Crippen LogP) is 0.139. The summed E-state index contributed by atoms with van der Waals surface area (Å²) in [6.45, 7) is 0.870. The van der Waals surface area contributed by atoms with Crippen molar-refractivity contribution in [3.8, 4) is 6.07 Å². The van der Waals surface area contributed by atoms with E-state index in [1.807, 2.05) is 6.07 Å². The molecule has 0 saturated carbocycles. The average Bonchev–Trinajstić information content (AvgIpc) is 2.92. The van der Waals surface area contributed by atoms with Crippen molar-refractivity contribution in [2.24, 2.45) is 0 Å². The minimum absolute atomic E-state index is 0.140. The van der Waals surface area contributed by atoms with Gasteiger partial charge in [-0.05, 0) is 0 Å². The van der Waals surface area contributed by atoms with E-state index >= 15 is 0 Å². The molecule has 9 nitrogen and oxygen atoms in total. The molecule has 0 amide bonds. The summed E-state index contributed by atoms with van der Waals surface area (Å²) in [6, 6.07) is 1.91. The van der Waals surface area contributed by atoms with E-state index in [0.29, 0.717) is 37.2 Å². The molecule has 2 aromatic rings. The maximum atomic E-state index is 8.79. The molecule has 0 radical (unpaired) electrons. The lowest BCUT2D eigenvalue weighted by Crippen LogP contribution is -2.20. The van der Waals surface area contributed by atoms with Gasteiger partial charge < -0.3 is 19.9 Å². The van der Waals surface area contributed by atoms with Crippen molar-refractivity contribution in [1.82, 2.24) is 20.1 Å². The van der Waals surface area contributed by atoms with E-state index in [4.69, 9.17) is 20.3 Å². The number of nitrogens with two attached hydrogens (primary N) is 1. The first-order chi connectivity index (χ1) is 10.1. The second-order valence-electron chi connectivity index (χ2n) is 4.28. The Balaban J connectivity index is 2.04. The highest BCUT2D eigenvalue weighted by Crippen LogP contribution is 2.13. The van der Waals surface area contributed by atoms with Gasteiger partial charge in [0.25, 0.3) is 0 Å². The molecule has 0 fully saturated rings. The molecular formula is C12H15N7O2. The van der Waals surface area contributed by atoms with Gasteiger partial charge in [0.2, 0.25) is 11.8 Å². The van der Waals surface area contributed by atoms with Crippen molar-refractivity contribution in [2.75, 3.05) is 31.4 Å². The lowest BCUT2D eigenvalue weighted by molar-refractivity contribution is 0.199. The first-order valence-corrected chi connectivity index (χ1v) is 6.18. The Labute approximate surface area is 121 Å². The van der Waals surface area contributed by atoms with Crippen LogP contribution in [0.15, 0.2) is 10.7 Å². The molecular weight excluding hydrogens is 274 g/mol. The normalized spacial score (nSPS) is 10.3. The van der Waals surface area contributed by atoms with E-state index in [2.05, 4.69) is 20.1 Å². The molecule has 2 N–H and O–H groups in total. The SMILES string of the molecule is COCCc1noc(CN(C)c2ncc(C#N)c(N)n2)n1. The molecule has 0 unspecified atom stereocenters. The van der Waals surface area contributed by atoms with Crippen molar-refractivity contribution in [2.45, 2.75) is 13.0 Å². The minimum atomic E-state index is 0.140. The first kappa shape index (κ1) is 14.7. The molecule has 2 rings (SSSR count). The van der Waals surface area contributed by atoms with Gasteiger partial charge in [-0.15, -0.1) is 0 Å². The number of hydrogen-bond donors (Lipinski definition) is 1. The van der Waals surface area contributed by atoms with E-state index in [1.165, 1.54) is 6.20 Å². The summed E-state index contributed by atoms with van der Waals surface area (Å²) in [6.07, 6.45) is 1.97. The number of rotatable bonds is 6. The van der Waals surface area contributed by atoms with Gasteiger partial charge in [0.05, 0.1) is 19.3 Å². The summed E-state index contributed by atoms with van der Waals surface area (Å²) in [5, 5.41) is 12.6. The number of ether oxygens (including phenoxy) is 1. The van der Waals surface area contributed by atoms with Gasteiger partial charge in [0.15, 0.2) is 5.82 Å². The quantitative estimate of drug-likeness (QED) is 0.789. The third-order valence-electron chi connectivity index (χ3n) is 2.68. The van der Waals surface area contributed by atoms with Crippen LogP contribution in [0.25, 0.3) is 0 Å². The van der Waals surface area contributed by atoms with Crippen LogP contribution in [0, 0.1) is 11.3 Å². The second-order valence-corrected chi connectivity index (χ2v) is 4.28. The van der Waals surface area contributed by atoms with Crippen LogP contribution in [-0.4, -0.2) is 40.9 Å². The monoisotopic (exact) mass is 289 g/mol. The number of methoxy groups -OCH3 is 1. The number of nitrogens with zero attached hydrogens (tertiary/aromatic N) is 6. The third kappa shape index (κ3) is 3.64. The Kier molecular flexibility index (Phi) is 4.63. The Bertz CT molecular complexity index is 649. The summed E-state index contributed by atoms with van der Waals surface area (Å²) in [4.78, 5) is 14.1. The zero-order chi connectivity index (χ0) is 15.2. The van der Waals surface area contributed by atoms with Crippen LogP contribution < -0.4 is 10.6 Å². The minimum Gasteiger partial charge on any atom is -0.384 e. The van der Waals surface area contributed by atoms with Crippen LogP contribution in [0.1, 0.15) is 17.3 Å².